The summed E-state index contributed by atoms with van der Waals surface area (Å²) in [5, 5.41) is 9.71. The van der Waals surface area contributed by atoms with E-state index in [2.05, 4.69) is 40.1 Å². The largest absolute Gasteiger partial charge is 0.399 e. The molecule has 1 atom stereocenters. The quantitative estimate of drug-likeness (QED) is 0.827. The summed E-state index contributed by atoms with van der Waals surface area (Å²) in [5.41, 5.74) is 10.8. The van der Waals surface area contributed by atoms with Crippen molar-refractivity contribution in [3.05, 3.63) is 59.2 Å². The first-order chi connectivity index (χ1) is 13.8. The summed E-state index contributed by atoms with van der Waals surface area (Å²) in [4.78, 5) is 4.88. The van der Waals surface area contributed by atoms with Gasteiger partial charge < -0.3 is 15.4 Å². The molecular formula is C23H28N4O. The molecule has 0 saturated carbocycles. The van der Waals surface area contributed by atoms with Crippen LogP contribution in [0.3, 0.4) is 0 Å². The van der Waals surface area contributed by atoms with Gasteiger partial charge in [0.05, 0.1) is 30.9 Å². The van der Waals surface area contributed by atoms with Gasteiger partial charge in [0.15, 0.2) is 0 Å². The number of nitrogens with zero attached hydrogens (tertiary/aromatic N) is 3. The van der Waals surface area contributed by atoms with Gasteiger partial charge in [-0.3, -0.25) is 4.90 Å². The second-order valence-electron chi connectivity index (χ2n) is 7.65. The third-order valence-electron chi connectivity index (χ3n) is 5.83. The smallest absolute Gasteiger partial charge is 0.0996 e. The van der Waals surface area contributed by atoms with Gasteiger partial charge >= 0.3 is 0 Å². The average Bonchev–Trinajstić information content (AvgIpc) is 2.77. The molecule has 2 aliphatic rings. The molecule has 2 aliphatic heterocycles. The van der Waals surface area contributed by atoms with Crippen LogP contribution in [0, 0.1) is 11.3 Å². The van der Waals surface area contributed by atoms with Crippen LogP contribution in [0.5, 0.6) is 0 Å². The zero-order chi connectivity index (χ0) is 19.3. The monoisotopic (exact) mass is 376 g/mol. The Balaban J connectivity index is 1.68. The third-order valence-corrected chi connectivity index (χ3v) is 5.83. The maximum Gasteiger partial charge on any atom is 0.0996 e. The fraction of sp³-hybridized carbons (Fsp3) is 0.435. The Kier molecular flexibility index (Phi) is 5.80. The second kappa shape index (κ2) is 8.64. The van der Waals surface area contributed by atoms with Crippen molar-refractivity contribution in [1.82, 2.24) is 4.90 Å². The zero-order valence-electron chi connectivity index (χ0n) is 16.3. The summed E-state index contributed by atoms with van der Waals surface area (Å²) in [6.07, 6.45) is 3.70. The summed E-state index contributed by atoms with van der Waals surface area (Å²) in [6, 6.07) is 17.1. The van der Waals surface area contributed by atoms with Crippen LogP contribution in [-0.2, 0) is 4.74 Å². The minimum atomic E-state index is 0.0919. The standard InChI is InChI=1S/C23H28N4O/c24-17-19-16-20(25)6-9-22(19)23(27-10-2-1-3-11-27)18-4-7-21(8-5-18)26-12-14-28-15-13-26/h4-9,16,23H,1-3,10-15,25H2. The molecule has 1 unspecified atom stereocenters. The molecule has 0 spiro atoms. The molecule has 2 N–H and O–H groups in total. The van der Waals surface area contributed by atoms with Crippen LogP contribution in [-0.4, -0.2) is 44.3 Å². The number of benzene rings is 2. The average molecular weight is 377 g/mol. The number of hydrogen-bond donors (Lipinski definition) is 1. The lowest BCUT2D eigenvalue weighted by atomic mass is 9.91. The van der Waals surface area contributed by atoms with Crippen molar-refractivity contribution in [2.24, 2.45) is 0 Å². The molecular weight excluding hydrogens is 348 g/mol. The van der Waals surface area contributed by atoms with Crippen molar-refractivity contribution in [2.45, 2.75) is 25.3 Å². The van der Waals surface area contributed by atoms with E-state index in [0.29, 0.717) is 11.3 Å². The Bertz CT molecular complexity index is 831. The van der Waals surface area contributed by atoms with Gasteiger partial charge in [-0.1, -0.05) is 24.6 Å². The number of piperidine rings is 1. The van der Waals surface area contributed by atoms with Gasteiger partial charge in [0, 0.05) is 24.5 Å². The predicted molar refractivity (Wildman–Crippen MR) is 112 cm³/mol. The van der Waals surface area contributed by atoms with E-state index in [4.69, 9.17) is 10.5 Å². The minimum Gasteiger partial charge on any atom is -0.399 e. The number of morpholine rings is 1. The lowest BCUT2D eigenvalue weighted by Gasteiger charge is -2.36. The molecule has 28 heavy (non-hydrogen) atoms. The van der Waals surface area contributed by atoms with Crippen molar-refractivity contribution in [1.29, 1.82) is 5.26 Å². The van der Waals surface area contributed by atoms with Gasteiger partial charge in [-0.25, -0.2) is 0 Å². The van der Waals surface area contributed by atoms with E-state index in [1.165, 1.54) is 30.5 Å². The van der Waals surface area contributed by atoms with Crippen LogP contribution >= 0.6 is 0 Å². The molecule has 2 aromatic rings. The van der Waals surface area contributed by atoms with Crippen LogP contribution < -0.4 is 10.6 Å². The van der Waals surface area contributed by atoms with E-state index >= 15 is 0 Å². The van der Waals surface area contributed by atoms with E-state index < -0.39 is 0 Å². The van der Waals surface area contributed by atoms with Crippen molar-refractivity contribution in [2.75, 3.05) is 50.0 Å². The van der Waals surface area contributed by atoms with Gasteiger partial charge in [-0.15, -0.1) is 0 Å². The first-order valence-corrected chi connectivity index (χ1v) is 10.2. The Morgan fingerprint density at radius 1 is 0.929 bits per heavy atom. The maximum absolute atomic E-state index is 9.71. The third kappa shape index (κ3) is 3.99. The molecule has 5 nitrogen and oxygen atoms in total. The van der Waals surface area contributed by atoms with Gasteiger partial charge in [0.1, 0.15) is 0 Å². The topological polar surface area (TPSA) is 65.5 Å². The highest BCUT2D eigenvalue weighted by atomic mass is 16.5. The Hall–Kier alpha value is -2.55. The number of nitrogens with two attached hydrogens (primary N) is 1. The summed E-state index contributed by atoms with van der Waals surface area (Å²) in [6.45, 7) is 5.57. The molecule has 2 heterocycles. The molecule has 4 rings (SSSR count). The van der Waals surface area contributed by atoms with Crippen molar-refractivity contribution >= 4 is 11.4 Å². The Morgan fingerprint density at radius 2 is 1.64 bits per heavy atom. The normalized spacial score (nSPS) is 19.2. The number of anilines is 2. The van der Waals surface area contributed by atoms with E-state index in [1.807, 2.05) is 12.1 Å². The fourth-order valence-corrected chi connectivity index (χ4v) is 4.36. The van der Waals surface area contributed by atoms with E-state index in [1.54, 1.807) is 6.07 Å². The predicted octanol–water partition coefficient (Wildman–Crippen LogP) is 3.55. The Morgan fingerprint density at radius 3 is 2.32 bits per heavy atom. The molecule has 0 aliphatic carbocycles. The molecule has 146 valence electrons. The second-order valence-corrected chi connectivity index (χ2v) is 7.65. The number of nitrogen functional groups attached to an aromatic ring is 1. The molecule has 0 bridgehead atoms. The summed E-state index contributed by atoms with van der Waals surface area (Å²) < 4.78 is 5.47. The highest BCUT2D eigenvalue weighted by Crippen LogP contribution is 2.34. The molecule has 0 aromatic heterocycles. The number of nitriles is 1. The van der Waals surface area contributed by atoms with Crippen LogP contribution in [0.1, 0.15) is 42.0 Å². The van der Waals surface area contributed by atoms with Crippen LogP contribution in [0.25, 0.3) is 0 Å². The summed E-state index contributed by atoms with van der Waals surface area (Å²) in [5.74, 6) is 0. The highest BCUT2D eigenvalue weighted by molar-refractivity contribution is 5.54. The molecule has 0 radical (unpaired) electrons. The van der Waals surface area contributed by atoms with Gasteiger partial charge in [-0.05, 0) is 61.3 Å². The number of ether oxygens (including phenoxy) is 1. The lowest BCUT2D eigenvalue weighted by Crippen LogP contribution is -2.36. The van der Waals surface area contributed by atoms with Crippen LogP contribution in [0.2, 0.25) is 0 Å². The van der Waals surface area contributed by atoms with Crippen LogP contribution in [0.4, 0.5) is 11.4 Å². The minimum absolute atomic E-state index is 0.0919. The summed E-state index contributed by atoms with van der Waals surface area (Å²) >= 11 is 0. The van der Waals surface area contributed by atoms with Crippen LogP contribution in [0.15, 0.2) is 42.5 Å². The SMILES string of the molecule is N#Cc1cc(N)ccc1C(c1ccc(N2CCOCC2)cc1)N1CCCCC1. The number of rotatable bonds is 4. The lowest BCUT2D eigenvalue weighted by molar-refractivity contribution is 0.122. The fourth-order valence-electron chi connectivity index (χ4n) is 4.36. The molecule has 2 fully saturated rings. The van der Waals surface area contributed by atoms with E-state index in [0.717, 1.165) is 45.0 Å². The number of likely N-dealkylation sites (tertiary alicyclic amines) is 1. The van der Waals surface area contributed by atoms with Crippen molar-refractivity contribution in [3.8, 4) is 6.07 Å². The first-order valence-electron chi connectivity index (χ1n) is 10.2. The van der Waals surface area contributed by atoms with E-state index in [9.17, 15) is 5.26 Å². The van der Waals surface area contributed by atoms with Gasteiger partial charge in [-0.2, -0.15) is 5.26 Å². The first kappa shape index (κ1) is 18.8. The maximum atomic E-state index is 9.71. The van der Waals surface area contributed by atoms with E-state index in [-0.39, 0.29) is 6.04 Å². The van der Waals surface area contributed by atoms with Crippen molar-refractivity contribution < 1.29 is 4.74 Å². The Labute approximate surface area is 167 Å². The summed E-state index contributed by atoms with van der Waals surface area (Å²) in [7, 11) is 0. The molecule has 2 aromatic carbocycles. The van der Waals surface area contributed by atoms with Crippen molar-refractivity contribution in [3.63, 3.8) is 0 Å². The number of hydrogen-bond acceptors (Lipinski definition) is 5. The highest BCUT2D eigenvalue weighted by Gasteiger charge is 2.26. The molecule has 2 saturated heterocycles. The zero-order valence-corrected chi connectivity index (χ0v) is 16.3. The van der Waals surface area contributed by atoms with Gasteiger partial charge in [0.25, 0.3) is 0 Å². The molecule has 0 amide bonds. The van der Waals surface area contributed by atoms with Gasteiger partial charge in [0.2, 0.25) is 0 Å². The molecule has 5 heteroatoms.